The van der Waals surface area contributed by atoms with Crippen molar-refractivity contribution in [3.8, 4) is 0 Å². The Kier molecular flexibility index (Phi) is 2.92. The molecule has 4 aliphatic rings. The van der Waals surface area contributed by atoms with Crippen LogP contribution in [0, 0.1) is 29.6 Å². The molecule has 0 radical (unpaired) electrons. The molecule has 4 aliphatic carbocycles. The molecule has 0 spiro atoms. The van der Waals surface area contributed by atoms with E-state index in [-0.39, 0.29) is 18.0 Å². The molecule has 96 valence electrons. The van der Waals surface area contributed by atoms with Crippen LogP contribution in [0.15, 0.2) is 0 Å². The third-order valence-electron chi connectivity index (χ3n) is 5.41. The van der Waals surface area contributed by atoms with Gasteiger partial charge < -0.3 is 4.74 Å². The van der Waals surface area contributed by atoms with E-state index >= 15 is 0 Å². The lowest BCUT2D eigenvalue weighted by Gasteiger charge is -2.53. The maximum atomic E-state index is 11.9. The minimum Gasteiger partial charge on any atom is -0.462 e. The summed E-state index contributed by atoms with van der Waals surface area (Å²) in [5.74, 6) is 3.42. The zero-order valence-electron chi connectivity index (χ0n) is 11.0. The van der Waals surface area contributed by atoms with Crippen molar-refractivity contribution in [3.63, 3.8) is 0 Å². The second kappa shape index (κ2) is 4.29. The van der Waals surface area contributed by atoms with Crippen molar-refractivity contribution in [2.45, 2.75) is 58.5 Å². The molecule has 1 unspecified atom stereocenters. The van der Waals surface area contributed by atoms with Gasteiger partial charge in [-0.1, -0.05) is 13.8 Å². The van der Waals surface area contributed by atoms with Gasteiger partial charge in [0.05, 0.1) is 5.92 Å². The van der Waals surface area contributed by atoms with E-state index in [9.17, 15) is 4.79 Å². The number of carbonyl (C=O) groups is 1. The van der Waals surface area contributed by atoms with E-state index < -0.39 is 0 Å². The summed E-state index contributed by atoms with van der Waals surface area (Å²) in [6, 6.07) is 0. The van der Waals surface area contributed by atoms with Crippen LogP contribution in [0.4, 0.5) is 0 Å². The van der Waals surface area contributed by atoms with Crippen molar-refractivity contribution in [1.29, 1.82) is 0 Å². The summed E-state index contributed by atoms with van der Waals surface area (Å²) in [7, 11) is 0. The maximum Gasteiger partial charge on any atom is 0.308 e. The first-order valence-corrected chi connectivity index (χ1v) is 7.37. The predicted molar refractivity (Wildman–Crippen MR) is 66.4 cm³/mol. The number of carbonyl (C=O) groups excluding carboxylic acids is 1. The lowest BCUT2D eigenvalue weighted by Crippen LogP contribution is -2.50. The number of hydrogen-bond acceptors (Lipinski definition) is 2. The number of esters is 1. The SMILES string of the molecule is CCC(C)C(=O)OC1C2CC3CC(C2)CC1C3. The van der Waals surface area contributed by atoms with E-state index in [1.807, 2.05) is 6.92 Å². The Balaban J connectivity index is 1.66. The molecule has 2 heteroatoms. The second-order valence-electron chi connectivity index (χ2n) is 6.64. The third kappa shape index (κ3) is 2.00. The van der Waals surface area contributed by atoms with Crippen LogP contribution in [0.1, 0.15) is 52.4 Å². The molecule has 0 N–H and O–H groups in total. The number of rotatable bonds is 3. The molecule has 0 amide bonds. The Morgan fingerprint density at radius 3 is 2.12 bits per heavy atom. The molecule has 4 rings (SSSR count). The third-order valence-corrected chi connectivity index (χ3v) is 5.41. The first kappa shape index (κ1) is 11.6. The van der Waals surface area contributed by atoms with Crippen LogP contribution in [0.5, 0.6) is 0 Å². The molecule has 0 heterocycles. The van der Waals surface area contributed by atoms with E-state index in [0.29, 0.717) is 11.8 Å². The van der Waals surface area contributed by atoms with Gasteiger partial charge in [-0.3, -0.25) is 4.79 Å². The van der Waals surface area contributed by atoms with Gasteiger partial charge in [0.25, 0.3) is 0 Å². The molecular weight excluding hydrogens is 212 g/mol. The molecular formula is C15H24O2. The van der Waals surface area contributed by atoms with Gasteiger partial charge >= 0.3 is 5.97 Å². The fraction of sp³-hybridized carbons (Fsp3) is 0.933. The first-order valence-electron chi connectivity index (χ1n) is 7.37. The summed E-state index contributed by atoms with van der Waals surface area (Å²) in [6.07, 6.45) is 7.92. The quantitative estimate of drug-likeness (QED) is 0.702. The van der Waals surface area contributed by atoms with E-state index in [1.165, 1.54) is 32.1 Å². The van der Waals surface area contributed by atoms with Crippen LogP contribution in [0.3, 0.4) is 0 Å². The monoisotopic (exact) mass is 236 g/mol. The fourth-order valence-electron chi connectivity index (χ4n) is 4.48. The standard InChI is InChI=1S/C15H24O2/c1-3-9(2)15(16)17-14-12-5-10-4-11(7-12)8-13(14)6-10/h9-14H,3-8H2,1-2H3. The zero-order valence-corrected chi connectivity index (χ0v) is 11.0. The highest BCUT2D eigenvalue weighted by atomic mass is 16.5. The van der Waals surface area contributed by atoms with E-state index in [0.717, 1.165) is 18.3 Å². The number of hydrogen-bond donors (Lipinski definition) is 0. The average Bonchev–Trinajstić information content (AvgIpc) is 2.31. The topological polar surface area (TPSA) is 26.3 Å². The molecule has 17 heavy (non-hydrogen) atoms. The first-order chi connectivity index (χ1) is 8.17. The van der Waals surface area contributed by atoms with Crippen LogP contribution >= 0.6 is 0 Å². The van der Waals surface area contributed by atoms with Crippen LogP contribution in [0.2, 0.25) is 0 Å². The van der Waals surface area contributed by atoms with Crippen molar-refractivity contribution >= 4 is 5.97 Å². The summed E-state index contributed by atoms with van der Waals surface area (Å²) in [6.45, 7) is 4.04. The summed E-state index contributed by atoms with van der Waals surface area (Å²) in [5.41, 5.74) is 0. The Morgan fingerprint density at radius 2 is 1.65 bits per heavy atom. The van der Waals surface area contributed by atoms with Gasteiger partial charge in [0.15, 0.2) is 0 Å². The molecule has 1 atom stereocenters. The van der Waals surface area contributed by atoms with Gasteiger partial charge in [0.2, 0.25) is 0 Å². The van der Waals surface area contributed by atoms with Crippen molar-refractivity contribution in [2.24, 2.45) is 29.6 Å². The van der Waals surface area contributed by atoms with Gasteiger partial charge in [-0.05, 0) is 62.2 Å². The molecule has 0 aromatic rings. The summed E-state index contributed by atoms with van der Waals surface area (Å²) in [5, 5.41) is 0. The van der Waals surface area contributed by atoms with Gasteiger partial charge in [0.1, 0.15) is 6.10 Å². The Morgan fingerprint density at radius 1 is 1.12 bits per heavy atom. The van der Waals surface area contributed by atoms with Gasteiger partial charge in [0, 0.05) is 0 Å². The normalized spacial score (nSPS) is 44.7. The molecule has 2 nitrogen and oxygen atoms in total. The summed E-state index contributed by atoms with van der Waals surface area (Å²) in [4.78, 5) is 11.9. The smallest absolute Gasteiger partial charge is 0.308 e. The van der Waals surface area contributed by atoms with Gasteiger partial charge in [-0.15, -0.1) is 0 Å². The van der Waals surface area contributed by atoms with Gasteiger partial charge in [-0.25, -0.2) is 0 Å². The molecule has 4 fully saturated rings. The Bertz CT molecular complexity index is 282. The largest absolute Gasteiger partial charge is 0.462 e. The van der Waals surface area contributed by atoms with Crippen LogP contribution < -0.4 is 0 Å². The lowest BCUT2D eigenvalue weighted by atomic mass is 9.55. The highest BCUT2D eigenvalue weighted by Crippen LogP contribution is 2.54. The van der Waals surface area contributed by atoms with Crippen molar-refractivity contribution in [2.75, 3.05) is 0 Å². The molecule has 0 aromatic heterocycles. The minimum absolute atomic E-state index is 0.0463. The highest BCUT2D eigenvalue weighted by Gasteiger charge is 2.49. The maximum absolute atomic E-state index is 11.9. The Hall–Kier alpha value is -0.530. The Labute approximate surface area is 104 Å². The van der Waals surface area contributed by atoms with Crippen LogP contribution in [-0.4, -0.2) is 12.1 Å². The predicted octanol–water partition coefficient (Wildman–Crippen LogP) is 3.40. The van der Waals surface area contributed by atoms with Crippen molar-refractivity contribution in [1.82, 2.24) is 0 Å². The summed E-state index contributed by atoms with van der Waals surface area (Å²) < 4.78 is 5.84. The van der Waals surface area contributed by atoms with Gasteiger partial charge in [-0.2, -0.15) is 0 Å². The van der Waals surface area contributed by atoms with E-state index in [1.54, 1.807) is 0 Å². The molecule has 0 aromatic carbocycles. The van der Waals surface area contributed by atoms with E-state index in [4.69, 9.17) is 4.74 Å². The van der Waals surface area contributed by atoms with Crippen molar-refractivity contribution < 1.29 is 9.53 Å². The molecule has 4 bridgehead atoms. The van der Waals surface area contributed by atoms with E-state index in [2.05, 4.69) is 6.92 Å². The number of ether oxygens (including phenoxy) is 1. The molecule has 0 saturated heterocycles. The molecule has 4 saturated carbocycles. The minimum atomic E-state index is 0.0463. The van der Waals surface area contributed by atoms with Crippen LogP contribution in [-0.2, 0) is 9.53 Å². The second-order valence-corrected chi connectivity index (χ2v) is 6.64. The summed E-state index contributed by atoms with van der Waals surface area (Å²) >= 11 is 0. The average molecular weight is 236 g/mol. The zero-order chi connectivity index (χ0) is 12.0. The lowest BCUT2D eigenvalue weighted by molar-refractivity contribution is -0.174. The van der Waals surface area contributed by atoms with Crippen molar-refractivity contribution in [3.05, 3.63) is 0 Å². The fourth-order valence-corrected chi connectivity index (χ4v) is 4.48. The highest BCUT2D eigenvalue weighted by molar-refractivity contribution is 5.72. The molecule has 0 aliphatic heterocycles. The van der Waals surface area contributed by atoms with Crippen LogP contribution in [0.25, 0.3) is 0 Å².